The van der Waals surface area contributed by atoms with Gasteiger partial charge in [0.05, 0.1) is 19.8 Å². The molecule has 0 atom stereocenters. The Morgan fingerprint density at radius 2 is 1.69 bits per heavy atom. The topological polar surface area (TPSA) is 74.7 Å². The van der Waals surface area contributed by atoms with Gasteiger partial charge in [0.2, 0.25) is 0 Å². The number of ether oxygens (including phenoxy) is 3. The van der Waals surface area contributed by atoms with Gasteiger partial charge in [-0.2, -0.15) is 13.2 Å². The third-order valence-corrected chi connectivity index (χ3v) is 2.88. The number of hydrogen-bond acceptors (Lipinski definition) is 6. The summed E-state index contributed by atoms with van der Waals surface area (Å²) in [4.78, 5) is 26.8. The number of halogens is 5. The second-order valence-electron chi connectivity index (χ2n) is 5.10. The maximum absolute atomic E-state index is 13.3. The predicted octanol–water partition coefficient (Wildman–Crippen LogP) is 3.79. The van der Waals surface area contributed by atoms with Gasteiger partial charge in [-0.25, -0.2) is 23.4 Å². The van der Waals surface area contributed by atoms with Crippen molar-refractivity contribution in [3.8, 4) is 5.75 Å². The molecule has 1 aromatic heterocycles. The molecule has 0 unspecified atom stereocenters. The molecule has 0 radical (unpaired) electrons. The zero-order valence-electron chi connectivity index (χ0n) is 14.2. The predicted molar refractivity (Wildman–Crippen MR) is 77.3 cm³/mol. The lowest BCUT2D eigenvalue weighted by Gasteiger charge is -2.21. The monoisotopic (exact) mass is 385 g/mol. The Balaban J connectivity index is 4.03. The van der Waals surface area contributed by atoms with Crippen LogP contribution in [0.15, 0.2) is 0 Å². The van der Waals surface area contributed by atoms with E-state index in [1.807, 2.05) is 0 Å². The first-order valence-corrected chi connectivity index (χ1v) is 7.30. The van der Waals surface area contributed by atoms with E-state index in [9.17, 15) is 31.5 Å². The van der Waals surface area contributed by atoms with Crippen LogP contribution in [-0.2, 0) is 15.7 Å². The van der Waals surface area contributed by atoms with Gasteiger partial charge < -0.3 is 14.2 Å². The first kappa shape index (κ1) is 21.6. The van der Waals surface area contributed by atoms with Crippen LogP contribution in [-0.4, -0.2) is 36.7 Å². The van der Waals surface area contributed by atoms with E-state index in [1.54, 1.807) is 0 Å². The van der Waals surface area contributed by atoms with Gasteiger partial charge in [0.15, 0.2) is 11.4 Å². The van der Waals surface area contributed by atoms with Crippen molar-refractivity contribution in [2.75, 3.05) is 13.7 Å². The van der Waals surface area contributed by atoms with Crippen molar-refractivity contribution in [1.29, 1.82) is 0 Å². The van der Waals surface area contributed by atoms with E-state index in [1.165, 1.54) is 20.8 Å². The Hall–Kier alpha value is -2.46. The number of aromatic nitrogens is 1. The maximum atomic E-state index is 13.3. The molecule has 1 rings (SSSR count). The van der Waals surface area contributed by atoms with Crippen molar-refractivity contribution in [2.45, 2.75) is 39.5 Å². The number of carbonyl (C=O) groups excluding carboxylic acids is 2. The molecular formula is C15H16F5NO5. The summed E-state index contributed by atoms with van der Waals surface area (Å²) in [5, 5.41) is 0. The highest BCUT2D eigenvalue weighted by Gasteiger charge is 2.44. The van der Waals surface area contributed by atoms with Gasteiger partial charge in [0, 0.05) is 0 Å². The quantitative estimate of drug-likeness (QED) is 0.548. The van der Waals surface area contributed by atoms with Crippen molar-refractivity contribution in [2.24, 2.45) is 0 Å². The minimum absolute atomic E-state index is 0.304. The second kappa shape index (κ2) is 8.28. The fourth-order valence-corrected chi connectivity index (χ4v) is 1.99. The molecule has 0 spiro atoms. The summed E-state index contributed by atoms with van der Waals surface area (Å²) in [6.45, 7) is 3.76. The minimum atomic E-state index is -5.28. The molecule has 1 heterocycles. The highest BCUT2D eigenvalue weighted by Crippen LogP contribution is 2.41. The van der Waals surface area contributed by atoms with Crippen LogP contribution < -0.4 is 4.74 Å². The second-order valence-corrected chi connectivity index (χ2v) is 5.10. The van der Waals surface area contributed by atoms with Gasteiger partial charge in [0.1, 0.15) is 16.8 Å². The van der Waals surface area contributed by atoms with Crippen LogP contribution in [0.3, 0.4) is 0 Å². The van der Waals surface area contributed by atoms with Gasteiger partial charge in [0.25, 0.3) is 6.43 Å². The molecule has 26 heavy (non-hydrogen) atoms. The zero-order chi connectivity index (χ0) is 20.2. The summed E-state index contributed by atoms with van der Waals surface area (Å²) < 4.78 is 80.6. The molecule has 0 saturated heterocycles. The number of alkyl halides is 5. The Morgan fingerprint density at radius 1 is 1.12 bits per heavy atom. The lowest BCUT2D eigenvalue weighted by Crippen LogP contribution is -2.25. The normalized spacial score (nSPS) is 11.7. The van der Waals surface area contributed by atoms with Gasteiger partial charge in [-0.05, 0) is 20.8 Å². The number of hydrogen-bond donors (Lipinski definition) is 0. The van der Waals surface area contributed by atoms with E-state index in [4.69, 9.17) is 4.74 Å². The highest BCUT2D eigenvalue weighted by molar-refractivity contribution is 6.01. The van der Waals surface area contributed by atoms with Crippen LogP contribution in [0.2, 0.25) is 0 Å². The maximum Gasteiger partial charge on any atom is 0.434 e. The van der Waals surface area contributed by atoms with Crippen LogP contribution in [0, 0.1) is 0 Å². The van der Waals surface area contributed by atoms with Crippen LogP contribution in [0.1, 0.15) is 59.3 Å². The molecule has 0 saturated carbocycles. The van der Waals surface area contributed by atoms with Crippen LogP contribution >= 0.6 is 0 Å². The number of rotatable bonds is 6. The summed E-state index contributed by atoms with van der Waals surface area (Å²) >= 11 is 0. The molecule has 11 heteroatoms. The zero-order valence-corrected chi connectivity index (χ0v) is 14.2. The molecule has 0 aromatic carbocycles. The highest BCUT2D eigenvalue weighted by atomic mass is 19.4. The molecule has 0 aliphatic carbocycles. The molecule has 0 amide bonds. The van der Waals surface area contributed by atoms with Gasteiger partial charge in [-0.15, -0.1) is 0 Å². The Morgan fingerprint density at radius 3 is 2.08 bits per heavy atom. The van der Waals surface area contributed by atoms with Gasteiger partial charge in [-0.1, -0.05) is 0 Å². The summed E-state index contributed by atoms with van der Waals surface area (Å²) in [5.74, 6) is -3.96. The van der Waals surface area contributed by atoms with E-state index in [-0.39, 0.29) is 6.61 Å². The van der Waals surface area contributed by atoms with Crippen molar-refractivity contribution >= 4 is 11.9 Å². The van der Waals surface area contributed by atoms with E-state index in [2.05, 4.69) is 14.5 Å². The molecule has 146 valence electrons. The number of methoxy groups -OCH3 is 1. The van der Waals surface area contributed by atoms with Crippen molar-refractivity contribution in [3.63, 3.8) is 0 Å². The first-order chi connectivity index (χ1) is 11.9. The van der Waals surface area contributed by atoms with E-state index < -0.39 is 58.9 Å². The Kier molecular flexibility index (Phi) is 6.87. The average Bonchev–Trinajstić information content (AvgIpc) is 2.51. The van der Waals surface area contributed by atoms with E-state index in [0.717, 1.165) is 7.11 Å². The third kappa shape index (κ3) is 4.58. The number of carbonyl (C=O) groups is 2. The molecular weight excluding hydrogens is 369 g/mol. The average molecular weight is 385 g/mol. The molecule has 0 aliphatic heterocycles. The molecule has 1 aromatic rings. The molecule has 6 nitrogen and oxygen atoms in total. The third-order valence-electron chi connectivity index (χ3n) is 2.88. The van der Waals surface area contributed by atoms with Crippen molar-refractivity contribution < 1.29 is 45.8 Å². The summed E-state index contributed by atoms with van der Waals surface area (Å²) in [5.41, 5.74) is -5.77. The number of esters is 2. The largest absolute Gasteiger partial charge is 0.489 e. The number of pyridine rings is 1. The summed E-state index contributed by atoms with van der Waals surface area (Å²) in [6.07, 6.45) is -9.70. The fourth-order valence-electron chi connectivity index (χ4n) is 1.99. The van der Waals surface area contributed by atoms with Crippen molar-refractivity contribution in [1.82, 2.24) is 4.98 Å². The summed E-state index contributed by atoms with van der Waals surface area (Å²) in [7, 11) is 0.832. The van der Waals surface area contributed by atoms with Crippen LogP contribution in [0.5, 0.6) is 5.75 Å². The minimum Gasteiger partial charge on any atom is -0.489 e. The first-order valence-electron chi connectivity index (χ1n) is 7.30. The van der Waals surface area contributed by atoms with Crippen LogP contribution in [0.4, 0.5) is 22.0 Å². The Labute approximate surface area is 145 Å². The number of nitrogens with zero attached hydrogens (tertiary/aromatic N) is 1. The van der Waals surface area contributed by atoms with Crippen molar-refractivity contribution in [3.05, 3.63) is 22.5 Å². The van der Waals surface area contributed by atoms with E-state index in [0.29, 0.717) is 0 Å². The smallest absolute Gasteiger partial charge is 0.434 e. The molecule has 0 fully saturated rings. The van der Waals surface area contributed by atoms with Crippen LogP contribution in [0.25, 0.3) is 0 Å². The van der Waals surface area contributed by atoms with E-state index >= 15 is 0 Å². The summed E-state index contributed by atoms with van der Waals surface area (Å²) in [6, 6.07) is 0. The SMILES string of the molecule is CCOC(=O)c1c(C(F)(F)F)nc(C(F)F)c(C(=O)OC)c1OC(C)C. The van der Waals surface area contributed by atoms with Gasteiger partial charge >= 0.3 is 18.1 Å². The Bertz CT molecular complexity index is 688. The lowest BCUT2D eigenvalue weighted by atomic mass is 10.0. The van der Waals surface area contributed by atoms with Gasteiger partial charge in [-0.3, -0.25) is 0 Å². The molecule has 0 bridgehead atoms. The molecule has 0 aliphatic rings. The standard InChI is InChI=1S/C15H16F5NO5/c1-5-25-14(23)8-10(26-6(2)3)7(13(22)24-4)9(12(16)17)21-11(8)15(18,19)20/h6,12H,5H2,1-4H3. The molecule has 0 N–H and O–H groups in total. The fraction of sp³-hybridized carbons (Fsp3) is 0.533. The lowest BCUT2D eigenvalue weighted by molar-refractivity contribution is -0.142.